The number of carbonyl (C=O) groups excluding carboxylic acids is 1. The van der Waals surface area contributed by atoms with E-state index in [2.05, 4.69) is 5.32 Å². The summed E-state index contributed by atoms with van der Waals surface area (Å²) in [6.07, 6.45) is 3.25. The molecule has 4 heteroatoms. The van der Waals surface area contributed by atoms with Crippen LogP contribution in [0.15, 0.2) is 84.9 Å². The van der Waals surface area contributed by atoms with Gasteiger partial charge in [-0.05, 0) is 60.2 Å². The van der Waals surface area contributed by atoms with Gasteiger partial charge in [0.05, 0.1) is 7.11 Å². The highest BCUT2D eigenvalue weighted by Crippen LogP contribution is 2.22. The molecule has 0 saturated heterocycles. The Morgan fingerprint density at radius 1 is 0.808 bits per heavy atom. The molecule has 0 spiro atoms. The number of para-hydroxylation sites is 1. The number of benzene rings is 3. The minimum Gasteiger partial charge on any atom is -0.497 e. The van der Waals surface area contributed by atoms with Crippen LogP contribution in [0.5, 0.6) is 17.2 Å². The van der Waals surface area contributed by atoms with Crippen LogP contribution < -0.4 is 14.8 Å². The molecule has 130 valence electrons. The second kappa shape index (κ2) is 8.53. The molecular formula is C22H19NO3. The Morgan fingerprint density at radius 2 is 1.42 bits per heavy atom. The summed E-state index contributed by atoms with van der Waals surface area (Å²) in [5, 5.41) is 2.82. The number of rotatable bonds is 6. The summed E-state index contributed by atoms with van der Waals surface area (Å²) in [4.78, 5) is 12.0. The average molecular weight is 345 g/mol. The largest absolute Gasteiger partial charge is 0.497 e. The third kappa shape index (κ3) is 4.98. The maximum Gasteiger partial charge on any atom is 0.248 e. The summed E-state index contributed by atoms with van der Waals surface area (Å²) in [7, 11) is 1.62. The predicted molar refractivity (Wildman–Crippen MR) is 104 cm³/mol. The van der Waals surface area contributed by atoms with Gasteiger partial charge in [0.25, 0.3) is 0 Å². The van der Waals surface area contributed by atoms with Crippen LogP contribution in [-0.4, -0.2) is 13.0 Å². The number of hydrogen-bond donors (Lipinski definition) is 1. The van der Waals surface area contributed by atoms with Gasteiger partial charge in [-0.3, -0.25) is 4.79 Å². The van der Waals surface area contributed by atoms with Crippen LogP contribution >= 0.6 is 0 Å². The van der Waals surface area contributed by atoms with Crippen molar-refractivity contribution >= 4 is 17.7 Å². The summed E-state index contributed by atoms with van der Waals surface area (Å²) in [6, 6.07) is 24.3. The van der Waals surface area contributed by atoms with Gasteiger partial charge in [-0.2, -0.15) is 0 Å². The molecule has 0 heterocycles. The zero-order chi connectivity index (χ0) is 18.2. The van der Waals surface area contributed by atoms with E-state index in [1.165, 1.54) is 6.08 Å². The van der Waals surface area contributed by atoms with Gasteiger partial charge in [-0.1, -0.05) is 30.3 Å². The number of ether oxygens (including phenoxy) is 2. The topological polar surface area (TPSA) is 47.6 Å². The Morgan fingerprint density at radius 3 is 2.08 bits per heavy atom. The SMILES string of the molecule is COc1ccc(C=CC(=O)Nc2ccc(Oc3ccccc3)cc2)cc1. The van der Waals surface area contributed by atoms with Crippen molar-refractivity contribution in [3.8, 4) is 17.2 Å². The van der Waals surface area contributed by atoms with Crippen LogP contribution in [-0.2, 0) is 4.79 Å². The van der Waals surface area contributed by atoms with Crippen molar-refractivity contribution in [1.82, 2.24) is 0 Å². The van der Waals surface area contributed by atoms with Gasteiger partial charge >= 0.3 is 0 Å². The number of nitrogens with one attached hydrogen (secondary N) is 1. The normalized spacial score (nSPS) is 10.5. The standard InChI is InChI=1S/C22H19NO3/c1-25-19-12-7-17(8-13-19)9-16-22(24)23-18-10-14-21(15-11-18)26-20-5-3-2-4-6-20/h2-16H,1H3,(H,23,24). The highest BCUT2D eigenvalue weighted by atomic mass is 16.5. The zero-order valence-corrected chi connectivity index (χ0v) is 14.4. The first kappa shape index (κ1) is 17.3. The number of carbonyl (C=O) groups is 1. The van der Waals surface area contributed by atoms with E-state index in [1.54, 1.807) is 25.3 Å². The molecule has 3 aromatic rings. The number of methoxy groups -OCH3 is 1. The van der Waals surface area contributed by atoms with Crippen LogP contribution in [0.2, 0.25) is 0 Å². The van der Waals surface area contributed by atoms with Crippen molar-refractivity contribution in [2.24, 2.45) is 0 Å². The van der Waals surface area contributed by atoms with Crippen molar-refractivity contribution in [2.75, 3.05) is 12.4 Å². The first-order valence-electron chi connectivity index (χ1n) is 8.19. The van der Waals surface area contributed by atoms with E-state index in [-0.39, 0.29) is 5.91 Å². The van der Waals surface area contributed by atoms with E-state index < -0.39 is 0 Å². The minimum atomic E-state index is -0.197. The lowest BCUT2D eigenvalue weighted by molar-refractivity contribution is -0.111. The van der Waals surface area contributed by atoms with Crippen LogP contribution in [0.1, 0.15) is 5.56 Å². The molecular weight excluding hydrogens is 326 g/mol. The molecule has 0 aromatic heterocycles. The van der Waals surface area contributed by atoms with Crippen LogP contribution in [0.3, 0.4) is 0 Å². The third-order valence-electron chi connectivity index (χ3n) is 3.64. The highest BCUT2D eigenvalue weighted by molar-refractivity contribution is 6.01. The fraction of sp³-hybridized carbons (Fsp3) is 0.0455. The second-order valence-corrected chi connectivity index (χ2v) is 5.54. The maximum absolute atomic E-state index is 12.0. The molecule has 0 saturated carbocycles. The van der Waals surface area contributed by atoms with E-state index in [0.29, 0.717) is 11.4 Å². The van der Waals surface area contributed by atoms with Gasteiger partial charge in [-0.15, -0.1) is 0 Å². The molecule has 0 radical (unpaired) electrons. The van der Waals surface area contributed by atoms with Gasteiger partial charge in [0.1, 0.15) is 17.2 Å². The summed E-state index contributed by atoms with van der Waals surface area (Å²) >= 11 is 0. The summed E-state index contributed by atoms with van der Waals surface area (Å²) in [5.74, 6) is 2.07. The van der Waals surface area contributed by atoms with E-state index >= 15 is 0 Å². The lowest BCUT2D eigenvalue weighted by atomic mass is 10.2. The van der Waals surface area contributed by atoms with Gasteiger partial charge in [0.2, 0.25) is 5.91 Å². The molecule has 0 aliphatic rings. The van der Waals surface area contributed by atoms with Crippen molar-refractivity contribution in [2.45, 2.75) is 0 Å². The lowest BCUT2D eigenvalue weighted by Crippen LogP contribution is -2.07. The molecule has 26 heavy (non-hydrogen) atoms. The van der Waals surface area contributed by atoms with E-state index in [0.717, 1.165) is 17.1 Å². The van der Waals surface area contributed by atoms with Crippen molar-refractivity contribution < 1.29 is 14.3 Å². The van der Waals surface area contributed by atoms with Crippen LogP contribution in [0.25, 0.3) is 6.08 Å². The molecule has 4 nitrogen and oxygen atoms in total. The van der Waals surface area contributed by atoms with Gasteiger partial charge in [0, 0.05) is 11.8 Å². The molecule has 3 aromatic carbocycles. The third-order valence-corrected chi connectivity index (χ3v) is 3.64. The molecule has 1 amide bonds. The zero-order valence-electron chi connectivity index (χ0n) is 14.4. The molecule has 0 atom stereocenters. The number of anilines is 1. The van der Waals surface area contributed by atoms with Gasteiger partial charge < -0.3 is 14.8 Å². The summed E-state index contributed by atoms with van der Waals surface area (Å²) in [6.45, 7) is 0. The monoisotopic (exact) mass is 345 g/mol. The minimum absolute atomic E-state index is 0.197. The Hall–Kier alpha value is -3.53. The van der Waals surface area contributed by atoms with Crippen molar-refractivity contribution in [3.05, 3.63) is 90.5 Å². The van der Waals surface area contributed by atoms with Crippen molar-refractivity contribution in [3.63, 3.8) is 0 Å². The summed E-state index contributed by atoms with van der Waals surface area (Å²) < 4.78 is 10.8. The molecule has 0 unspecified atom stereocenters. The Kier molecular flexibility index (Phi) is 5.68. The fourth-order valence-corrected chi connectivity index (χ4v) is 2.30. The first-order chi connectivity index (χ1) is 12.7. The van der Waals surface area contributed by atoms with Crippen molar-refractivity contribution in [1.29, 1.82) is 0 Å². The predicted octanol–water partition coefficient (Wildman–Crippen LogP) is 5.14. The molecule has 1 N–H and O–H groups in total. The Balaban J connectivity index is 1.56. The fourth-order valence-electron chi connectivity index (χ4n) is 2.30. The number of hydrogen-bond acceptors (Lipinski definition) is 3. The summed E-state index contributed by atoms with van der Waals surface area (Å²) in [5.41, 5.74) is 1.63. The quantitative estimate of drug-likeness (QED) is 0.629. The van der Waals surface area contributed by atoms with E-state index in [4.69, 9.17) is 9.47 Å². The second-order valence-electron chi connectivity index (χ2n) is 5.54. The molecule has 3 rings (SSSR count). The molecule has 0 aliphatic carbocycles. The molecule has 0 fully saturated rings. The van der Waals surface area contributed by atoms with Crippen LogP contribution in [0, 0.1) is 0 Å². The number of amides is 1. The Labute approximate surface area is 152 Å². The van der Waals surface area contributed by atoms with E-state index in [1.807, 2.05) is 66.7 Å². The van der Waals surface area contributed by atoms with Crippen LogP contribution in [0.4, 0.5) is 5.69 Å². The molecule has 0 bridgehead atoms. The average Bonchev–Trinajstić information content (AvgIpc) is 2.69. The first-order valence-corrected chi connectivity index (χ1v) is 8.19. The van der Waals surface area contributed by atoms with E-state index in [9.17, 15) is 4.79 Å². The lowest BCUT2D eigenvalue weighted by Gasteiger charge is -2.07. The Bertz CT molecular complexity index is 870. The van der Waals surface area contributed by atoms with Gasteiger partial charge in [0.15, 0.2) is 0 Å². The maximum atomic E-state index is 12.0. The smallest absolute Gasteiger partial charge is 0.248 e. The molecule has 0 aliphatic heterocycles. The van der Waals surface area contributed by atoms with Gasteiger partial charge in [-0.25, -0.2) is 0 Å². The highest BCUT2D eigenvalue weighted by Gasteiger charge is 2.00.